The standard InChI is InChI=1S/C8H19N.C6H14N2O/c1-6-9(7(2)3)8(4)5;9-6-5-8-3-1-7-2-4-8/h7-8H,6H2,1-5H3;7,9H,1-6H2. The topological polar surface area (TPSA) is 38.7 Å². The zero-order chi connectivity index (χ0) is 14.0. The zero-order valence-electron chi connectivity index (χ0n) is 12.9. The summed E-state index contributed by atoms with van der Waals surface area (Å²) in [6.45, 7) is 17.8. The Morgan fingerprint density at radius 3 is 1.89 bits per heavy atom. The number of hydrogen-bond acceptors (Lipinski definition) is 4. The van der Waals surface area contributed by atoms with Crippen LogP contribution in [-0.4, -0.2) is 72.9 Å². The van der Waals surface area contributed by atoms with Crippen LogP contribution in [-0.2, 0) is 0 Å². The van der Waals surface area contributed by atoms with Crippen LogP contribution in [0.15, 0.2) is 0 Å². The molecule has 0 aromatic carbocycles. The third-order valence-corrected chi connectivity index (χ3v) is 3.32. The Morgan fingerprint density at radius 2 is 1.61 bits per heavy atom. The molecule has 0 saturated carbocycles. The van der Waals surface area contributed by atoms with Crippen molar-refractivity contribution in [2.24, 2.45) is 0 Å². The second-order valence-electron chi connectivity index (χ2n) is 5.33. The van der Waals surface area contributed by atoms with Gasteiger partial charge < -0.3 is 10.4 Å². The average Bonchev–Trinajstić information content (AvgIpc) is 2.31. The smallest absolute Gasteiger partial charge is 0.0558 e. The molecular formula is C14H33N3O. The molecule has 0 atom stereocenters. The Hall–Kier alpha value is -0.160. The number of piperazine rings is 1. The maximum absolute atomic E-state index is 8.56. The van der Waals surface area contributed by atoms with Gasteiger partial charge in [-0.3, -0.25) is 9.80 Å². The van der Waals surface area contributed by atoms with Crippen molar-refractivity contribution in [3.8, 4) is 0 Å². The minimum atomic E-state index is 0.292. The number of nitrogens with one attached hydrogen (secondary N) is 1. The van der Waals surface area contributed by atoms with E-state index in [0.29, 0.717) is 18.7 Å². The minimum Gasteiger partial charge on any atom is -0.395 e. The van der Waals surface area contributed by atoms with Crippen LogP contribution in [0.3, 0.4) is 0 Å². The van der Waals surface area contributed by atoms with Crippen LogP contribution in [0, 0.1) is 0 Å². The molecule has 4 heteroatoms. The summed E-state index contributed by atoms with van der Waals surface area (Å²) in [5.74, 6) is 0. The summed E-state index contributed by atoms with van der Waals surface area (Å²) >= 11 is 0. The largest absolute Gasteiger partial charge is 0.395 e. The lowest BCUT2D eigenvalue weighted by Gasteiger charge is -2.28. The summed E-state index contributed by atoms with van der Waals surface area (Å²) in [6.07, 6.45) is 0. The summed E-state index contributed by atoms with van der Waals surface area (Å²) in [7, 11) is 0. The molecule has 0 radical (unpaired) electrons. The highest BCUT2D eigenvalue weighted by Gasteiger charge is 2.09. The summed E-state index contributed by atoms with van der Waals surface area (Å²) in [4.78, 5) is 4.72. The maximum atomic E-state index is 8.56. The number of rotatable bonds is 5. The van der Waals surface area contributed by atoms with Gasteiger partial charge in [-0.05, 0) is 34.2 Å². The van der Waals surface area contributed by atoms with Gasteiger partial charge in [0.05, 0.1) is 6.61 Å². The molecule has 0 aromatic rings. The first-order chi connectivity index (χ1) is 8.52. The lowest BCUT2D eigenvalue weighted by Crippen LogP contribution is -2.44. The third-order valence-electron chi connectivity index (χ3n) is 3.32. The molecule has 1 fully saturated rings. The van der Waals surface area contributed by atoms with Gasteiger partial charge in [-0.2, -0.15) is 0 Å². The fourth-order valence-electron chi connectivity index (χ4n) is 2.40. The van der Waals surface area contributed by atoms with Crippen molar-refractivity contribution in [1.82, 2.24) is 15.1 Å². The van der Waals surface area contributed by atoms with E-state index < -0.39 is 0 Å². The quantitative estimate of drug-likeness (QED) is 0.773. The zero-order valence-corrected chi connectivity index (χ0v) is 12.9. The van der Waals surface area contributed by atoms with Gasteiger partial charge in [0.1, 0.15) is 0 Å². The molecule has 1 heterocycles. The Kier molecular flexibility index (Phi) is 10.6. The molecule has 18 heavy (non-hydrogen) atoms. The lowest BCUT2D eigenvalue weighted by molar-refractivity contribution is 0.180. The second-order valence-corrected chi connectivity index (χ2v) is 5.33. The fourth-order valence-corrected chi connectivity index (χ4v) is 2.40. The summed E-state index contributed by atoms with van der Waals surface area (Å²) < 4.78 is 0. The first-order valence-corrected chi connectivity index (χ1v) is 7.32. The molecule has 0 bridgehead atoms. The van der Waals surface area contributed by atoms with E-state index in [4.69, 9.17) is 5.11 Å². The lowest BCUT2D eigenvalue weighted by atomic mass is 10.2. The van der Waals surface area contributed by atoms with Crippen LogP contribution < -0.4 is 5.32 Å². The molecule has 2 N–H and O–H groups in total. The van der Waals surface area contributed by atoms with Crippen molar-refractivity contribution in [1.29, 1.82) is 0 Å². The van der Waals surface area contributed by atoms with Crippen LogP contribution in [0.2, 0.25) is 0 Å². The van der Waals surface area contributed by atoms with E-state index in [2.05, 4.69) is 49.7 Å². The van der Waals surface area contributed by atoms with Crippen molar-refractivity contribution < 1.29 is 5.11 Å². The molecule has 1 saturated heterocycles. The van der Waals surface area contributed by atoms with E-state index in [1.807, 2.05) is 0 Å². The van der Waals surface area contributed by atoms with Crippen molar-refractivity contribution in [3.05, 3.63) is 0 Å². The van der Waals surface area contributed by atoms with Gasteiger partial charge in [-0.15, -0.1) is 0 Å². The van der Waals surface area contributed by atoms with Gasteiger partial charge in [-0.25, -0.2) is 0 Å². The third kappa shape index (κ3) is 8.03. The van der Waals surface area contributed by atoms with Gasteiger partial charge in [0.15, 0.2) is 0 Å². The summed E-state index contributed by atoms with van der Waals surface area (Å²) in [5.41, 5.74) is 0. The first kappa shape index (κ1) is 17.8. The van der Waals surface area contributed by atoms with Crippen LogP contribution in [0.1, 0.15) is 34.6 Å². The van der Waals surface area contributed by atoms with Crippen LogP contribution in [0.5, 0.6) is 0 Å². The number of aliphatic hydroxyl groups excluding tert-OH is 1. The molecule has 1 aliphatic rings. The number of aliphatic hydroxyl groups is 1. The van der Waals surface area contributed by atoms with Crippen molar-refractivity contribution in [2.45, 2.75) is 46.7 Å². The van der Waals surface area contributed by atoms with Gasteiger partial charge >= 0.3 is 0 Å². The average molecular weight is 259 g/mol. The van der Waals surface area contributed by atoms with Gasteiger partial charge in [-0.1, -0.05) is 6.92 Å². The number of nitrogens with zero attached hydrogens (tertiary/aromatic N) is 2. The predicted molar refractivity (Wildman–Crippen MR) is 79.0 cm³/mol. The van der Waals surface area contributed by atoms with Crippen molar-refractivity contribution >= 4 is 0 Å². The maximum Gasteiger partial charge on any atom is 0.0558 e. The van der Waals surface area contributed by atoms with E-state index in [-0.39, 0.29) is 0 Å². The Bertz CT molecular complexity index is 169. The molecule has 1 aliphatic heterocycles. The van der Waals surface area contributed by atoms with Crippen molar-refractivity contribution in [3.63, 3.8) is 0 Å². The van der Waals surface area contributed by atoms with Crippen LogP contribution >= 0.6 is 0 Å². The van der Waals surface area contributed by atoms with E-state index >= 15 is 0 Å². The molecule has 1 rings (SSSR count). The van der Waals surface area contributed by atoms with E-state index in [0.717, 1.165) is 39.3 Å². The SMILES string of the molecule is CCN(C(C)C)C(C)C.OCCN1CCNCC1. The fraction of sp³-hybridized carbons (Fsp3) is 1.00. The molecule has 0 unspecified atom stereocenters. The predicted octanol–water partition coefficient (Wildman–Crippen LogP) is 1.01. The molecule has 0 spiro atoms. The highest BCUT2D eigenvalue weighted by Crippen LogP contribution is 2.02. The highest BCUT2D eigenvalue weighted by atomic mass is 16.3. The van der Waals surface area contributed by atoms with Gasteiger partial charge in [0, 0.05) is 44.8 Å². The molecule has 0 amide bonds. The van der Waals surface area contributed by atoms with Crippen molar-refractivity contribution in [2.75, 3.05) is 45.9 Å². The number of β-amino-alcohol motifs (C(OH)–C–C–N with tert-alkyl or cyclic N) is 1. The van der Waals surface area contributed by atoms with Crippen LogP contribution in [0.4, 0.5) is 0 Å². The Labute approximate surface area is 113 Å². The molecule has 0 aliphatic carbocycles. The number of hydrogen-bond donors (Lipinski definition) is 2. The Balaban J connectivity index is 0.000000321. The Morgan fingerprint density at radius 1 is 1.11 bits per heavy atom. The van der Waals surface area contributed by atoms with E-state index in [1.54, 1.807) is 0 Å². The molecule has 110 valence electrons. The highest BCUT2D eigenvalue weighted by molar-refractivity contribution is 4.66. The summed E-state index contributed by atoms with van der Waals surface area (Å²) in [5, 5.41) is 11.8. The normalized spacial score (nSPS) is 17.2. The van der Waals surface area contributed by atoms with Gasteiger partial charge in [0.25, 0.3) is 0 Å². The van der Waals surface area contributed by atoms with E-state index in [9.17, 15) is 0 Å². The monoisotopic (exact) mass is 259 g/mol. The van der Waals surface area contributed by atoms with E-state index in [1.165, 1.54) is 0 Å². The second kappa shape index (κ2) is 10.7. The minimum absolute atomic E-state index is 0.292. The molecular weight excluding hydrogens is 226 g/mol. The summed E-state index contributed by atoms with van der Waals surface area (Å²) in [6, 6.07) is 1.38. The molecule has 0 aromatic heterocycles. The van der Waals surface area contributed by atoms with Crippen LogP contribution in [0.25, 0.3) is 0 Å². The van der Waals surface area contributed by atoms with Gasteiger partial charge in [0.2, 0.25) is 0 Å². The first-order valence-electron chi connectivity index (χ1n) is 7.32. The molecule has 4 nitrogen and oxygen atoms in total.